The number of para-hydroxylation sites is 1. The zero-order valence-corrected chi connectivity index (χ0v) is 20.6. The van der Waals surface area contributed by atoms with Crippen molar-refractivity contribution in [2.24, 2.45) is 5.92 Å². The van der Waals surface area contributed by atoms with Gasteiger partial charge in [0.15, 0.2) is 0 Å². The van der Waals surface area contributed by atoms with Crippen molar-refractivity contribution in [3.8, 4) is 5.75 Å². The highest BCUT2D eigenvalue weighted by Gasteiger charge is 2.45. The minimum absolute atomic E-state index is 0.0582. The molecule has 0 saturated carbocycles. The Morgan fingerprint density at radius 3 is 2.75 bits per heavy atom. The van der Waals surface area contributed by atoms with Gasteiger partial charge in [0.25, 0.3) is 15.9 Å². The molecule has 8 nitrogen and oxygen atoms in total. The van der Waals surface area contributed by atoms with E-state index < -0.39 is 15.6 Å². The molecule has 1 amide bonds. The maximum Gasteiger partial charge on any atom is 0.264 e. The van der Waals surface area contributed by atoms with Gasteiger partial charge in [-0.2, -0.15) is 0 Å². The van der Waals surface area contributed by atoms with E-state index in [1.165, 1.54) is 31.4 Å². The molecule has 1 aliphatic carbocycles. The van der Waals surface area contributed by atoms with Gasteiger partial charge in [0, 0.05) is 17.6 Å². The number of pyridine rings is 1. The van der Waals surface area contributed by atoms with Gasteiger partial charge in [-0.25, -0.2) is 8.42 Å². The highest BCUT2D eigenvalue weighted by molar-refractivity contribution is 7.93. The van der Waals surface area contributed by atoms with Crippen molar-refractivity contribution in [3.63, 3.8) is 0 Å². The molecule has 186 valence electrons. The van der Waals surface area contributed by atoms with Gasteiger partial charge in [0.05, 0.1) is 37.0 Å². The first-order valence-electron chi connectivity index (χ1n) is 11.7. The average Bonchev–Trinajstić information content (AvgIpc) is 2.86. The Balaban J connectivity index is 1.31. The van der Waals surface area contributed by atoms with Crippen molar-refractivity contribution in [2.45, 2.75) is 23.3 Å². The van der Waals surface area contributed by atoms with E-state index in [1.807, 2.05) is 12.2 Å². The number of likely N-dealkylation sites (tertiary alicyclic amines) is 1. The van der Waals surface area contributed by atoms with Crippen LogP contribution in [0.2, 0.25) is 0 Å². The molecule has 0 spiro atoms. The number of sulfonamides is 1. The molecule has 2 aromatic carbocycles. The van der Waals surface area contributed by atoms with Crippen LogP contribution in [0, 0.1) is 5.92 Å². The predicted octanol–water partition coefficient (Wildman–Crippen LogP) is 3.75. The summed E-state index contributed by atoms with van der Waals surface area (Å²) in [6, 6.07) is 13.0. The SMILES string of the molecule is COc1cc(NS(=O)(=O)c2cccc3cccnc23)ccc1C(=O)N1CC(O)(CC2C=CC=CC2)C1. The van der Waals surface area contributed by atoms with Gasteiger partial charge < -0.3 is 14.7 Å². The van der Waals surface area contributed by atoms with Crippen LogP contribution in [0.3, 0.4) is 0 Å². The summed E-state index contributed by atoms with van der Waals surface area (Å²) in [4.78, 5) is 19.0. The molecule has 0 radical (unpaired) electrons. The highest BCUT2D eigenvalue weighted by atomic mass is 32.2. The number of anilines is 1. The van der Waals surface area contributed by atoms with Crippen LogP contribution >= 0.6 is 0 Å². The minimum Gasteiger partial charge on any atom is -0.496 e. The van der Waals surface area contributed by atoms with E-state index in [4.69, 9.17) is 4.74 Å². The fourth-order valence-electron chi connectivity index (χ4n) is 4.81. The van der Waals surface area contributed by atoms with Gasteiger partial charge in [0.2, 0.25) is 0 Å². The standard InChI is InChI=1S/C27H27N3O5S/c1-35-23-15-21(29-36(33,34)24-11-5-9-20-10-6-14-28-25(20)24)12-13-22(23)26(31)30-17-27(32,18-30)16-19-7-3-2-4-8-19/h2-7,9-15,19,29,32H,8,16-18H2,1H3. The third-order valence-corrected chi connectivity index (χ3v) is 7.95. The molecule has 0 bridgehead atoms. The van der Waals surface area contributed by atoms with Crippen molar-refractivity contribution < 1.29 is 23.1 Å². The number of nitrogens with one attached hydrogen (secondary N) is 1. The van der Waals surface area contributed by atoms with Crippen LogP contribution in [-0.2, 0) is 10.0 Å². The number of benzene rings is 2. The van der Waals surface area contributed by atoms with Crippen LogP contribution in [0.15, 0.2) is 83.9 Å². The number of aliphatic hydroxyl groups is 1. The number of carbonyl (C=O) groups is 1. The van der Waals surface area contributed by atoms with Crippen LogP contribution in [0.1, 0.15) is 23.2 Å². The number of hydrogen-bond donors (Lipinski definition) is 2. The Morgan fingerprint density at radius 2 is 2.00 bits per heavy atom. The third kappa shape index (κ3) is 4.72. The summed E-state index contributed by atoms with van der Waals surface area (Å²) in [5.41, 5.74) is 0.0187. The quantitative estimate of drug-likeness (QED) is 0.506. The molecule has 1 saturated heterocycles. The van der Waals surface area contributed by atoms with Crippen molar-refractivity contribution in [2.75, 3.05) is 24.9 Å². The number of fused-ring (bicyclic) bond motifs is 1. The lowest BCUT2D eigenvalue weighted by atomic mass is 9.81. The summed E-state index contributed by atoms with van der Waals surface area (Å²) in [7, 11) is -2.52. The van der Waals surface area contributed by atoms with E-state index in [1.54, 1.807) is 35.4 Å². The molecule has 1 aromatic heterocycles. The summed E-state index contributed by atoms with van der Waals surface area (Å²) >= 11 is 0. The smallest absolute Gasteiger partial charge is 0.264 e. The van der Waals surface area contributed by atoms with Crippen LogP contribution < -0.4 is 9.46 Å². The number of allylic oxidation sites excluding steroid dienone is 4. The fourth-order valence-corrected chi connectivity index (χ4v) is 6.04. The molecule has 3 aromatic rings. The maximum absolute atomic E-state index is 13.1. The number of nitrogens with zero attached hydrogens (tertiary/aromatic N) is 2. The lowest BCUT2D eigenvalue weighted by Crippen LogP contribution is -2.64. The number of carbonyl (C=O) groups excluding carboxylic acids is 1. The summed E-state index contributed by atoms with van der Waals surface area (Å²) in [6.45, 7) is 0.483. The molecule has 2 heterocycles. The van der Waals surface area contributed by atoms with E-state index in [2.05, 4.69) is 21.9 Å². The first kappa shape index (κ1) is 24.0. The third-order valence-electron chi connectivity index (χ3n) is 6.54. The largest absolute Gasteiger partial charge is 0.496 e. The average molecular weight is 506 g/mol. The number of β-amino-alcohol motifs (C(OH)–C–C–N with tert-alkyl or cyclic N) is 1. The van der Waals surface area contributed by atoms with Gasteiger partial charge in [-0.15, -0.1) is 0 Å². The second-order valence-corrected chi connectivity index (χ2v) is 10.9. The fraction of sp³-hybridized carbons (Fsp3) is 0.259. The van der Waals surface area contributed by atoms with E-state index in [0.717, 1.165) is 6.42 Å². The number of hydrogen-bond acceptors (Lipinski definition) is 6. The lowest BCUT2D eigenvalue weighted by molar-refractivity contribution is -0.0916. The summed E-state index contributed by atoms with van der Waals surface area (Å²) in [5.74, 6) is 0.228. The lowest BCUT2D eigenvalue weighted by Gasteiger charge is -2.47. The Hall–Kier alpha value is -3.69. The summed E-state index contributed by atoms with van der Waals surface area (Å²) in [5, 5.41) is 11.6. The second kappa shape index (κ2) is 9.40. The van der Waals surface area contributed by atoms with Crippen LogP contribution in [0.5, 0.6) is 5.75 Å². The van der Waals surface area contributed by atoms with E-state index in [9.17, 15) is 18.3 Å². The van der Waals surface area contributed by atoms with Crippen molar-refractivity contribution >= 4 is 32.5 Å². The van der Waals surface area contributed by atoms with Crippen LogP contribution in [0.25, 0.3) is 10.9 Å². The van der Waals surface area contributed by atoms with Crippen molar-refractivity contribution in [1.82, 2.24) is 9.88 Å². The molecule has 9 heteroatoms. The Kier molecular flexibility index (Phi) is 6.27. The molecule has 36 heavy (non-hydrogen) atoms. The normalized spacial score (nSPS) is 18.6. The van der Waals surface area contributed by atoms with E-state index in [0.29, 0.717) is 22.9 Å². The second-order valence-electron chi connectivity index (χ2n) is 9.25. The van der Waals surface area contributed by atoms with Crippen LogP contribution in [0.4, 0.5) is 5.69 Å². The molecular formula is C27H27N3O5S. The number of amides is 1. The van der Waals surface area contributed by atoms with Gasteiger partial charge in [-0.3, -0.25) is 14.5 Å². The first-order chi connectivity index (χ1) is 17.3. The number of ether oxygens (including phenoxy) is 1. The highest BCUT2D eigenvalue weighted by Crippen LogP contribution is 2.34. The van der Waals surface area contributed by atoms with Gasteiger partial charge in [-0.1, -0.05) is 42.5 Å². The Labute approximate surface area is 210 Å². The number of rotatable bonds is 7. The van der Waals surface area contributed by atoms with Gasteiger partial charge in [-0.05, 0) is 43.0 Å². The molecular weight excluding hydrogens is 478 g/mol. The van der Waals surface area contributed by atoms with Gasteiger partial charge >= 0.3 is 0 Å². The summed E-state index contributed by atoms with van der Waals surface area (Å²) in [6.07, 6.45) is 11.2. The zero-order valence-electron chi connectivity index (χ0n) is 19.8. The maximum atomic E-state index is 13.1. The molecule has 1 aliphatic heterocycles. The molecule has 2 N–H and O–H groups in total. The molecule has 1 fully saturated rings. The van der Waals surface area contributed by atoms with Crippen molar-refractivity contribution in [1.29, 1.82) is 0 Å². The molecule has 1 atom stereocenters. The van der Waals surface area contributed by atoms with E-state index in [-0.39, 0.29) is 41.2 Å². The molecule has 1 unspecified atom stereocenters. The molecule has 5 rings (SSSR count). The van der Waals surface area contributed by atoms with Crippen LogP contribution in [-0.4, -0.2) is 55.1 Å². The number of methoxy groups -OCH3 is 1. The molecule has 2 aliphatic rings. The monoisotopic (exact) mass is 505 g/mol. The van der Waals surface area contributed by atoms with Crippen molar-refractivity contribution in [3.05, 3.63) is 84.6 Å². The van der Waals surface area contributed by atoms with Gasteiger partial charge in [0.1, 0.15) is 16.2 Å². The number of aromatic nitrogens is 1. The minimum atomic E-state index is -3.94. The van der Waals surface area contributed by atoms with E-state index >= 15 is 0 Å². The zero-order chi connectivity index (χ0) is 25.3. The topological polar surface area (TPSA) is 109 Å². The predicted molar refractivity (Wildman–Crippen MR) is 137 cm³/mol. The first-order valence-corrected chi connectivity index (χ1v) is 13.2. The Morgan fingerprint density at radius 1 is 1.19 bits per heavy atom. The summed E-state index contributed by atoms with van der Waals surface area (Å²) < 4.78 is 34.2. The Bertz CT molecular complexity index is 1470.